The van der Waals surface area contributed by atoms with Crippen LogP contribution in [-0.4, -0.2) is 18.9 Å². The fourth-order valence-electron chi connectivity index (χ4n) is 3.52. The highest BCUT2D eigenvalue weighted by Gasteiger charge is 2.40. The van der Waals surface area contributed by atoms with Gasteiger partial charge in [0.2, 0.25) is 0 Å². The lowest BCUT2D eigenvalue weighted by Gasteiger charge is -2.18. The number of amides is 2. The molecule has 3 aromatic carbocycles. The van der Waals surface area contributed by atoms with Crippen LogP contribution in [-0.2, 0) is 9.59 Å². The van der Waals surface area contributed by atoms with Crippen LogP contribution in [0.2, 0.25) is 5.02 Å². The van der Waals surface area contributed by atoms with E-state index >= 15 is 0 Å². The standard InChI is InChI=1S/C25H21ClN2O3/c1-15-7-10-17(11-8-15)22-23(27-19-5-4-6-20(14-19)31-3)25(30)28(24(22)29)21-13-18(26)12-9-16(21)2/h4-14,27H,1-3H3. The van der Waals surface area contributed by atoms with E-state index in [2.05, 4.69) is 5.32 Å². The Morgan fingerprint density at radius 2 is 1.65 bits per heavy atom. The van der Waals surface area contributed by atoms with Gasteiger partial charge >= 0.3 is 0 Å². The molecule has 1 heterocycles. The quantitative estimate of drug-likeness (QED) is 0.551. The highest BCUT2D eigenvalue weighted by Crippen LogP contribution is 2.36. The Morgan fingerprint density at radius 1 is 0.903 bits per heavy atom. The Kier molecular flexibility index (Phi) is 5.53. The summed E-state index contributed by atoms with van der Waals surface area (Å²) < 4.78 is 5.28. The molecule has 1 aliphatic heterocycles. The monoisotopic (exact) mass is 432 g/mol. The molecule has 0 saturated heterocycles. The summed E-state index contributed by atoms with van der Waals surface area (Å²) in [4.78, 5) is 28.2. The molecule has 0 fully saturated rings. The van der Waals surface area contributed by atoms with Gasteiger partial charge in [0.1, 0.15) is 11.4 Å². The van der Waals surface area contributed by atoms with Crippen molar-refractivity contribution in [1.82, 2.24) is 0 Å². The minimum Gasteiger partial charge on any atom is -0.497 e. The van der Waals surface area contributed by atoms with Gasteiger partial charge in [-0.15, -0.1) is 0 Å². The number of imide groups is 1. The van der Waals surface area contributed by atoms with E-state index in [1.807, 2.05) is 56.3 Å². The molecule has 31 heavy (non-hydrogen) atoms. The van der Waals surface area contributed by atoms with E-state index < -0.39 is 11.8 Å². The molecule has 0 atom stereocenters. The smallest absolute Gasteiger partial charge is 0.282 e. The van der Waals surface area contributed by atoms with Gasteiger partial charge in [0.05, 0.1) is 18.4 Å². The van der Waals surface area contributed by atoms with E-state index in [0.29, 0.717) is 33.3 Å². The Labute approximate surface area is 185 Å². The summed E-state index contributed by atoms with van der Waals surface area (Å²) in [5.41, 5.74) is 4.13. The topological polar surface area (TPSA) is 58.6 Å². The summed E-state index contributed by atoms with van der Waals surface area (Å²) in [6.45, 7) is 3.81. The molecule has 0 spiro atoms. The number of carbonyl (C=O) groups excluding carboxylic acids is 2. The molecule has 3 aromatic rings. The van der Waals surface area contributed by atoms with Crippen molar-refractivity contribution in [3.63, 3.8) is 0 Å². The molecular weight excluding hydrogens is 412 g/mol. The van der Waals surface area contributed by atoms with Gasteiger partial charge in [0.25, 0.3) is 11.8 Å². The number of nitrogens with zero attached hydrogens (tertiary/aromatic N) is 1. The van der Waals surface area contributed by atoms with Crippen molar-refractivity contribution in [3.8, 4) is 5.75 Å². The Bertz CT molecular complexity index is 1220. The summed E-state index contributed by atoms with van der Waals surface area (Å²) in [7, 11) is 1.57. The number of hydrogen-bond acceptors (Lipinski definition) is 4. The first-order valence-corrected chi connectivity index (χ1v) is 10.1. The first-order chi connectivity index (χ1) is 14.9. The van der Waals surface area contributed by atoms with Crippen LogP contribution in [0.4, 0.5) is 11.4 Å². The maximum atomic E-state index is 13.5. The van der Waals surface area contributed by atoms with Crippen LogP contribution in [0.5, 0.6) is 5.75 Å². The van der Waals surface area contributed by atoms with Gasteiger partial charge in [-0.3, -0.25) is 9.59 Å². The number of carbonyl (C=O) groups is 2. The van der Waals surface area contributed by atoms with Crippen molar-refractivity contribution in [3.05, 3.63) is 94.1 Å². The van der Waals surface area contributed by atoms with Crippen LogP contribution in [0.3, 0.4) is 0 Å². The first kappa shape index (κ1) is 20.7. The number of aryl methyl sites for hydroxylation is 2. The molecule has 1 N–H and O–H groups in total. The normalized spacial score (nSPS) is 13.7. The third-order valence-electron chi connectivity index (χ3n) is 5.18. The summed E-state index contributed by atoms with van der Waals surface area (Å²) in [5.74, 6) is -0.194. The maximum Gasteiger partial charge on any atom is 0.282 e. The average molecular weight is 433 g/mol. The van der Waals surface area contributed by atoms with Gasteiger partial charge in [0, 0.05) is 16.8 Å². The van der Waals surface area contributed by atoms with E-state index in [1.165, 1.54) is 4.90 Å². The zero-order valence-electron chi connectivity index (χ0n) is 17.4. The summed E-state index contributed by atoms with van der Waals surface area (Å²) >= 11 is 6.17. The SMILES string of the molecule is COc1cccc(NC2=C(c3ccc(C)cc3)C(=O)N(c3cc(Cl)ccc3C)C2=O)c1. The van der Waals surface area contributed by atoms with Crippen molar-refractivity contribution in [2.24, 2.45) is 0 Å². The van der Waals surface area contributed by atoms with Crippen LogP contribution in [0.15, 0.2) is 72.4 Å². The molecule has 0 bridgehead atoms. The van der Waals surface area contributed by atoms with E-state index in [0.717, 1.165) is 11.1 Å². The van der Waals surface area contributed by atoms with Crippen LogP contribution in [0.25, 0.3) is 5.57 Å². The molecule has 156 valence electrons. The summed E-state index contributed by atoms with van der Waals surface area (Å²) in [6, 6.07) is 19.9. The highest BCUT2D eigenvalue weighted by atomic mass is 35.5. The van der Waals surface area contributed by atoms with Crippen LogP contribution in [0, 0.1) is 13.8 Å². The van der Waals surface area contributed by atoms with Gasteiger partial charge in [-0.25, -0.2) is 4.90 Å². The lowest BCUT2D eigenvalue weighted by Crippen LogP contribution is -2.33. The fourth-order valence-corrected chi connectivity index (χ4v) is 3.69. The number of anilines is 2. The second kappa shape index (κ2) is 8.28. The minimum absolute atomic E-state index is 0.210. The summed E-state index contributed by atoms with van der Waals surface area (Å²) in [5, 5.41) is 3.60. The minimum atomic E-state index is -0.436. The van der Waals surface area contributed by atoms with Crippen LogP contribution >= 0.6 is 11.6 Å². The number of methoxy groups -OCH3 is 1. The number of ether oxygens (including phenoxy) is 1. The molecule has 0 aliphatic carbocycles. The number of halogens is 1. The molecule has 5 nitrogen and oxygen atoms in total. The Hall–Kier alpha value is -3.57. The van der Waals surface area contributed by atoms with E-state index in [9.17, 15) is 9.59 Å². The predicted octanol–water partition coefficient (Wildman–Crippen LogP) is 5.36. The molecule has 0 aromatic heterocycles. The summed E-state index contributed by atoms with van der Waals surface area (Å²) in [6.07, 6.45) is 0. The number of benzene rings is 3. The number of rotatable bonds is 5. The Morgan fingerprint density at radius 3 is 2.35 bits per heavy atom. The fraction of sp³-hybridized carbons (Fsp3) is 0.120. The van der Waals surface area contributed by atoms with Gasteiger partial charge < -0.3 is 10.1 Å². The molecule has 4 rings (SSSR count). The van der Waals surface area contributed by atoms with Gasteiger partial charge in [0.15, 0.2) is 0 Å². The molecule has 0 unspecified atom stereocenters. The molecule has 1 aliphatic rings. The Balaban J connectivity index is 1.84. The molecule has 0 radical (unpaired) electrons. The van der Waals surface area contributed by atoms with Crippen molar-refractivity contribution in [2.45, 2.75) is 13.8 Å². The molecule has 0 saturated carbocycles. The van der Waals surface area contributed by atoms with Crippen molar-refractivity contribution in [1.29, 1.82) is 0 Å². The van der Waals surface area contributed by atoms with Crippen LogP contribution in [0.1, 0.15) is 16.7 Å². The van der Waals surface area contributed by atoms with E-state index in [4.69, 9.17) is 16.3 Å². The maximum absolute atomic E-state index is 13.5. The lowest BCUT2D eigenvalue weighted by atomic mass is 10.0. The second-order valence-electron chi connectivity index (χ2n) is 7.35. The number of nitrogens with one attached hydrogen (secondary N) is 1. The van der Waals surface area contributed by atoms with Gasteiger partial charge in [-0.2, -0.15) is 0 Å². The average Bonchev–Trinajstić information content (AvgIpc) is 3.00. The third kappa shape index (κ3) is 3.92. The van der Waals surface area contributed by atoms with Crippen molar-refractivity contribution < 1.29 is 14.3 Å². The van der Waals surface area contributed by atoms with Crippen molar-refractivity contribution in [2.75, 3.05) is 17.3 Å². The van der Waals surface area contributed by atoms with Gasteiger partial charge in [-0.1, -0.05) is 53.6 Å². The molecule has 6 heteroatoms. The third-order valence-corrected chi connectivity index (χ3v) is 5.41. The predicted molar refractivity (Wildman–Crippen MR) is 123 cm³/mol. The largest absolute Gasteiger partial charge is 0.497 e. The second-order valence-corrected chi connectivity index (χ2v) is 7.79. The van der Waals surface area contributed by atoms with Crippen LogP contribution < -0.4 is 15.0 Å². The molecular formula is C25H21ClN2O3. The van der Waals surface area contributed by atoms with Crippen molar-refractivity contribution >= 4 is 40.4 Å². The van der Waals surface area contributed by atoms with Gasteiger partial charge in [-0.05, 0) is 49.2 Å². The zero-order valence-corrected chi connectivity index (χ0v) is 18.2. The highest BCUT2D eigenvalue weighted by molar-refractivity contribution is 6.46. The lowest BCUT2D eigenvalue weighted by molar-refractivity contribution is -0.120. The van der Waals surface area contributed by atoms with E-state index in [-0.39, 0.29) is 5.70 Å². The number of hydrogen-bond donors (Lipinski definition) is 1. The zero-order chi connectivity index (χ0) is 22.1. The molecule has 2 amide bonds. The first-order valence-electron chi connectivity index (χ1n) is 9.76. The van der Waals surface area contributed by atoms with E-state index in [1.54, 1.807) is 31.4 Å².